The molecule has 0 radical (unpaired) electrons. The number of aliphatic carboxylic acids is 1. The highest BCUT2D eigenvalue weighted by molar-refractivity contribution is 5.87. The van der Waals surface area contributed by atoms with Crippen LogP contribution in [0.1, 0.15) is 64.2 Å². The number of hydrogen-bond donors (Lipinski definition) is 2. The highest BCUT2D eigenvalue weighted by Crippen LogP contribution is 2.29. The zero-order valence-electron chi connectivity index (χ0n) is 15.2. The topological polar surface area (TPSA) is 86.9 Å². The summed E-state index contributed by atoms with van der Waals surface area (Å²) in [6, 6.07) is -1.09. The van der Waals surface area contributed by atoms with Gasteiger partial charge in [0, 0.05) is 12.6 Å². The maximum absolute atomic E-state index is 12.9. The van der Waals surface area contributed by atoms with Crippen LogP contribution in [0.15, 0.2) is 0 Å². The van der Waals surface area contributed by atoms with Crippen LogP contribution in [0.2, 0.25) is 0 Å². The van der Waals surface area contributed by atoms with E-state index in [1.165, 1.54) is 38.5 Å². The van der Waals surface area contributed by atoms with Gasteiger partial charge in [-0.2, -0.15) is 0 Å². The van der Waals surface area contributed by atoms with E-state index in [1.807, 2.05) is 0 Å². The number of carboxylic acids is 1. The summed E-state index contributed by atoms with van der Waals surface area (Å²) in [6.45, 7) is 2.56. The third-order valence-electron chi connectivity index (χ3n) is 6.38. The number of piperidine rings is 1. The van der Waals surface area contributed by atoms with Gasteiger partial charge in [0.2, 0.25) is 5.91 Å². The number of likely N-dealkylation sites (tertiary alicyclic amines) is 2. The van der Waals surface area contributed by atoms with Gasteiger partial charge in [0.25, 0.3) is 0 Å². The number of hydrogen-bond acceptors (Lipinski definition) is 4. The van der Waals surface area contributed by atoms with Crippen LogP contribution in [0.4, 0.5) is 0 Å². The van der Waals surface area contributed by atoms with Gasteiger partial charge in [0.1, 0.15) is 6.04 Å². The van der Waals surface area contributed by atoms with Crippen LogP contribution in [0, 0.1) is 5.92 Å². The minimum atomic E-state index is -0.891. The molecule has 1 aliphatic carbocycles. The predicted molar refractivity (Wildman–Crippen MR) is 96.1 cm³/mol. The molecule has 0 spiro atoms. The molecule has 0 aromatic carbocycles. The van der Waals surface area contributed by atoms with Gasteiger partial charge in [0.15, 0.2) is 0 Å². The summed E-state index contributed by atoms with van der Waals surface area (Å²) in [6.07, 6.45) is 10.9. The van der Waals surface area contributed by atoms with Crippen molar-refractivity contribution < 1.29 is 14.7 Å². The molecule has 3 aliphatic rings. The molecular weight excluding hydrogens is 318 g/mol. The molecule has 2 heterocycles. The van der Waals surface area contributed by atoms with Crippen molar-refractivity contribution in [2.24, 2.45) is 11.7 Å². The first-order valence-corrected chi connectivity index (χ1v) is 10.1. The summed E-state index contributed by atoms with van der Waals surface area (Å²) >= 11 is 0. The predicted octanol–water partition coefficient (Wildman–Crippen LogP) is 1.82. The molecular formula is C19H33N3O3. The number of nitrogens with two attached hydrogens (primary N) is 1. The monoisotopic (exact) mass is 351 g/mol. The van der Waals surface area contributed by atoms with Gasteiger partial charge in [-0.3, -0.25) is 9.69 Å². The highest BCUT2D eigenvalue weighted by Gasteiger charge is 2.43. The van der Waals surface area contributed by atoms with E-state index >= 15 is 0 Å². The summed E-state index contributed by atoms with van der Waals surface area (Å²) < 4.78 is 0. The molecule has 3 rings (SSSR count). The van der Waals surface area contributed by atoms with Crippen LogP contribution in [-0.4, -0.2) is 64.5 Å². The lowest BCUT2D eigenvalue weighted by Crippen LogP contribution is -2.49. The molecule has 6 nitrogen and oxygen atoms in total. The SMILES string of the molecule is N[C@H](CC1CCCCC1)C(=O)N1C[C@H](N2CCCCC2)C[C@H]1C(=O)O. The Balaban J connectivity index is 1.61. The van der Waals surface area contributed by atoms with Gasteiger partial charge in [-0.05, 0) is 44.7 Å². The zero-order valence-corrected chi connectivity index (χ0v) is 15.2. The fraction of sp³-hybridized carbons (Fsp3) is 0.895. The van der Waals surface area contributed by atoms with Crippen LogP contribution in [0.5, 0.6) is 0 Å². The molecule has 3 fully saturated rings. The quantitative estimate of drug-likeness (QED) is 0.789. The Kier molecular flexibility index (Phi) is 6.34. The second kappa shape index (κ2) is 8.49. The summed E-state index contributed by atoms with van der Waals surface area (Å²) in [5, 5.41) is 9.60. The van der Waals surface area contributed by atoms with Gasteiger partial charge in [-0.1, -0.05) is 38.5 Å². The van der Waals surface area contributed by atoms with E-state index in [-0.39, 0.29) is 11.9 Å². The molecule has 142 valence electrons. The number of carboxylic acid groups (broad SMARTS) is 1. The molecule has 6 heteroatoms. The minimum Gasteiger partial charge on any atom is -0.480 e. The maximum Gasteiger partial charge on any atom is 0.326 e. The first-order valence-electron chi connectivity index (χ1n) is 10.1. The molecule has 0 aromatic heterocycles. The zero-order chi connectivity index (χ0) is 17.8. The number of amides is 1. The van der Waals surface area contributed by atoms with Crippen molar-refractivity contribution in [3.05, 3.63) is 0 Å². The highest BCUT2D eigenvalue weighted by atomic mass is 16.4. The Hall–Kier alpha value is -1.14. The maximum atomic E-state index is 12.9. The van der Waals surface area contributed by atoms with Gasteiger partial charge < -0.3 is 15.7 Å². The fourth-order valence-corrected chi connectivity index (χ4v) is 4.94. The molecule has 2 saturated heterocycles. The van der Waals surface area contributed by atoms with E-state index in [0.717, 1.165) is 25.9 Å². The van der Waals surface area contributed by atoms with Crippen LogP contribution in [-0.2, 0) is 9.59 Å². The Morgan fingerprint density at radius 1 is 1.04 bits per heavy atom. The minimum absolute atomic E-state index is 0.155. The summed E-state index contributed by atoms with van der Waals surface area (Å²) in [4.78, 5) is 28.5. The number of carbonyl (C=O) groups is 2. The summed E-state index contributed by atoms with van der Waals surface area (Å²) in [5.74, 6) is -0.522. The van der Waals surface area contributed by atoms with Crippen molar-refractivity contribution in [2.45, 2.75) is 82.3 Å². The first kappa shape index (κ1) is 18.6. The molecule has 3 atom stereocenters. The molecule has 2 aliphatic heterocycles. The number of nitrogens with zero attached hydrogens (tertiary/aromatic N) is 2. The molecule has 25 heavy (non-hydrogen) atoms. The molecule has 3 N–H and O–H groups in total. The Labute approximate surface area is 150 Å². The molecule has 0 bridgehead atoms. The van der Waals surface area contributed by atoms with Crippen LogP contribution in [0.3, 0.4) is 0 Å². The first-order chi connectivity index (χ1) is 12.1. The summed E-state index contributed by atoms with van der Waals surface area (Å²) in [5.41, 5.74) is 6.22. The fourth-order valence-electron chi connectivity index (χ4n) is 4.94. The Morgan fingerprint density at radius 3 is 2.32 bits per heavy atom. The van der Waals surface area contributed by atoms with Crippen molar-refractivity contribution in [3.63, 3.8) is 0 Å². The number of carbonyl (C=O) groups excluding carboxylic acids is 1. The molecule has 0 aromatic rings. The lowest BCUT2D eigenvalue weighted by molar-refractivity contribution is -0.148. The number of rotatable bonds is 5. The van der Waals surface area contributed by atoms with E-state index in [0.29, 0.717) is 25.3 Å². The lowest BCUT2D eigenvalue weighted by atomic mass is 9.84. The van der Waals surface area contributed by atoms with Gasteiger partial charge in [-0.15, -0.1) is 0 Å². The smallest absolute Gasteiger partial charge is 0.326 e. The molecule has 1 saturated carbocycles. The third kappa shape index (κ3) is 4.53. The average Bonchev–Trinajstić information content (AvgIpc) is 3.08. The summed E-state index contributed by atoms with van der Waals surface area (Å²) in [7, 11) is 0. The second-order valence-corrected chi connectivity index (χ2v) is 8.18. The second-order valence-electron chi connectivity index (χ2n) is 8.18. The van der Waals surface area contributed by atoms with Crippen LogP contribution < -0.4 is 5.73 Å². The average molecular weight is 351 g/mol. The third-order valence-corrected chi connectivity index (χ3v) is 6.38. The lowest BCUT2D eigenvalue weighted by Gasteiger charge is -2.32. The van der Waals surface area contributed by atoms with E-state index < -0.39 is 18.1 Å². The van der Waals surface area contributed by atoms with Gasteiger partial charge in [-0.25, -0.2) is 4.79 Å². The van der Waals surface area contributed by atoms with E-state index in [2.05, 4.69) is 4.90 Å². The largest absolute Gasteiger partial charge is 0.480 e. The standard InChI is InChI=1S/C19H33N3O3/c20-16(11-14-7-3-1-4-8-14)18(23)22-13-15(12-17(22)19(24)25)21-9-5-2-6-10-21/h14-17H,1-13,20H2,(H,24,25)/t15-,16-,17+/m1/s1. The normalized spacial score (nSPS) is 30.4. The van der Waals surface area contributed by atoms with Crippen molar-refractivity contribution in [1.82, 2.24) is 9.80 Å². The molecule has 0 unspecified atom stereocenters. The molecule has 1 amide bonds. The van der Waals surface area contributed by atoms with Crippen molar-refractivity contribution in [3.8, 4) is 0 Å². The Morgan fingerprint density at radius 2 is 1.68 bits per heavy atom. The van der Waals surface area contributed by atoms with Crippen molar-refractivity contribution >= 4 is 11.9 Å². The van der Waals surface area contributed by atoms with E-state index in [9.17, 15) is 14.7 Å². The van der Waals surface area contributed by atoms with Crippen LogP contribution >= 0.6 is 0 Å². The van der Waals surface area contributed by atoms with E-state index in [1.54, 1.807) is 4.90 Å². The van der Waals surface area contributed by atoms with Crippen molar-refractivity contribution in [2.75, 3.05) is 19.6 Å². The van der Waals surface area contributed by atoms with Crippen LogP contribution in [0.25, 0.3) is 0 Å². The Bertz CT molecular complexity index is 473. The van der Waals surface area contributed by atoms with Crippen molar-refractivity contribution in [1.29, 1.82) is 0 Å². The van der Waals surface area contributed by atoms with Gasteiger partial charge >= 0.3 is 5.97 Å². The van der Waals surface area contributed by atoms with Gasteiger partial charge in [0.05, 0.1) is 6.04 Å². The van der Waals surface area contributed by atoms with E-state index in [4.69, 9.17) is 5.73 Å².